The first-order valence-electron chi connectivity index (χ1n) is 8.63. The number of nitrogens with one attached hydrogen (secondary N) is 2. The summed E-state index contributed by atoms with van der Waals surface area (Å²) in [5.74, 6) is 0.0459. The lowest BCUT2D eigenvalue weighted by Gasteiger charge is -2.36. The zero-order chi connectivity index (χ0) is 17.2. The van der Waals surface area contributed by atoms with E-state index in [1.807, 2.05) is 6.07 Å². The number of anilines is 1. The number of hydrogen-bond acceptors (Lipinski definition) is 8. The fourth-order valence-corrected chi connectivity index (χ4v) is 4.55. The Balaban J connectivity index is 1.34. The molecule has 134 valence electrons. The molecule has 2 aliphatic heterocycles. The Hall–Kier alpha value is -1.74. The smallest absolute Gasteiger partial charge is 0.324 e. The van der Waals surface area contributed by atoms with Crippen molar-refractivity contribution in [2.45, 2.75) is 6.04 Å². The minimum Gasteiger partial charge on any atom is -0.468 e. The number of hydrazine groups is 1. The van der Waals surface area contributed by atoms with Crippen molar-refractivity contribution in [3.05, 3.63) is 24.3 Å². The third-order valence-electron chi connectivity index (χ3n) is 4.97. The average Bonchev–Trinajstić information content (AvgIpc) is 3.28. The highest BCUT2D eigenvalue weighted by molar-refractivity contribution is 7.22. The van der Waals surface area contributed by atoms with Gasteiger partial charge in [0.25, 0.3) is 0 Å². The molecule has 8 heteroatoms. The second-order valence-corrected chi connectivity index (χ2v) is 7.55. The number of thiazole rings is 1. The van der Waals surface area contributed by atoms with Crippen LogP contribution in [0.15, 0.2) is 24.3 Å². The van der Waals surface area contributed by atoms with Gasteiger partial charge in [-0.1, -0.05) is 23.5 Å². The molecule has 0 aliphatic carbocycles. The molecule has 0 saturated carbocycles. The summed E-state index contributed by atoms with van der Waals surface area (Å²) in [5, 5.41) is 1.11. The Morgan fingerprint density at radius 2 is 2.12 bits per heavy atom. The highest BCUT2D eigenvalue weighted by Crippen LogP contribution is 2.29. The topological polar surface area (TPSA) is 69.7 Å². The molecule has 7 nitrogen and oxygen atoms in total. The predicted octanol–water partition coefficient (Wildman–Crippen LogP) is 0.684. The first kappa shape index (κ1) is 16.7. The second kappa shape index (κ2) is 7.25. The predicted molar refractivity (Wildman–Crippen MR) is 98.7 cm³/mol. The maximum absolute atomic E-state index is 11.8. The fourth-order valence-electron chi connectivity index (χ4n) is 3.53. The van der Waals surface area contributed by atoms with Gasteiger partial charge < -0.3 is 9.64 Å². The van der Waals surface area contributed by atoms with Crippen molar-refractivity contribution < 1.29 is 9.53 Å². The molecule has 3 heterocycles. The van der Waals surface area contributed by atoms with E-state index in [9.17, 15) is 4.79 Å². The van der Waals surface area contributed by atoms with Crippen LogP contribution in [0.5, 0.6) is 0 Å². The number of esters is 1. The van der Waals surface area contributed by atoms with Crippen LogP contribution in [-0.4, -0.2) is 68.3 Å². The van der Waals surface area contributed by atoms with Gasteiger partial charge >= 0.3 is 5.97 Å². The molecule has 2 saturated heterocycles. The van der Waals surface area contributed by atoms with E-state index in [0.29, 0.717) is 0 Å². The first-order chi connectivity index (χ1) is 12.2. The monoisotopic (exact) mass is 361 g/mol. The van der Waals surface area contributed by atoms with Crippen LogP contribution in [-0.2, 0) is 9.53 Å². The lowest BCUT2D eigenvalue weighted by atomic mass is 10.0. The normalized spacial score (nSPS) is 24.8. The lowest BCUT2D eigenvalue weighted by molar-refractivity contribution is -0.144. The number of benzene rings is 1. The molecule has 1 aromatic carbocycles. The van der Waals surface area contributed by atoms with Gasteiger partial charge in [-0.05, 0) is 12.1 Å². The number of nitrogens with zero attached hydrogens (tertiary/aromatic N) is 3. The van der Waals surface area contributed by atoms with Crippen LogP contribution in [0.1, 0.15) is 0 Å². The Morgan fingerprint density at radius 3 is 2.88 bits per heavy atom. The van der Waals surface area contributed by atoms with Gasteiger partial charge in [-0.15, -0.1) is 0 Å². The standard InChI is InChI=1S/C17H23N5O2S/c1-24-16(23)15-12(10-18-20-15)11-21-6-8-22(9-7-21)17-19-13-4-2-3-5-14(13)25-17/h2-5,12,15,18,20H,6-11H2,1H3. The van der Waals surface area contributed by atoms with Crippen LogP contribution < -0.4 is 15.8 Å². The number of fused-ring (bicyclic) bond motifs is 1. The third-order valence-corrected chi connectivity index (χ3v) is 6.06. The molecule has 0 radical (unpaired) electrons. The summed E-state index contributed by atoms with van der Waals surface area (Å²) in [6.45, 7) is 5.60. The molecule has 0 amide bonds. The van der Waals surface area contributed by atoms with Gasteiger partial charge in [-0.2, -0.15) is 0 Å². The molecule has 2 aromatic rings. The molecular weight excluding hydrogens is 338 g/mol. The zero-order valence-electron chi connectivity index (χ0n) is 14.3. The minimum atomic E-state index is -0.257. The number of piperazine rings is 1. The Morgan fingerprint density at radius 1 is 1.32 bits per heavy atom. The summed E-state index contributed by atoms with van der Waals surface area (Å²) in [7, 11) is 1.44. The van der Waals surface area contributed by atoms with Gasteiger partial charge in [0, 0.05) is 45.2 Å². The molecule has 0 bridgehead atoms. The molecule has 25 heavy (non-hydrogen) atoms. The van der Waals surface area contributed by atoms with Crippen LogP contribution in [0.25, 0.3) is 10.2 Å². The summed E-state index contributed by atoms with van der Waals surface area (Å²) in [5.41, 5.74) is 7.18. The van der Waals surface area contributed by atoms with Crippen LogP contribution in [0.2, 0.25) is 0 Å². The van der Waals surface area contributed by atoms with Crippen molar-refractivity contribution in [3.8, 4) is 0 Å². The van der Waals surface area contributed by atoms with Crippen molar-refractivity contribution in [1.29, 1.82) is 0 Å². The molecule has 0 spiro atoms. The number of rotatable bonds is 4. The second-order valence-electron chi connectivity index (χ2n) is 6.54. The van der Waals surface area contributed by atoms with Crippen LogP contribution in [0, 0.1) is 5.92 Å². The Kier molecular flexibility index (Phi) is 4.85. The SMILES string of the molecule is COC(=O)C1NNCC1CN1CCN(c2nc3ccccc3s2)CC1. The minimum absolute atomic E-state index is 0.192. The molecule has 2 fully saturated rings. The van der Waals surface area contributed by atoms with Gasteiger partial charge in [-0.25, -0.2) is 10.4 Å². The number of ether oxygens (including phenoxy) is 1. The van der Waals surface area contributed by atoms with E-state index in [-0.39, 0.29) is 17.9 Å². The summed E-state index contributed by atoms with van der Waals surface area (Å²) in [6, 6.07) is 8.03. The largest absolute Gasteiger partial charge is 0.468 e. The van der Waals surface area contributed by atoms with Gasteiger partial charge in [0.1, 0.15) is 6.04 Å². The van der Waals surface area contributed by atoms with Crippen molar-refractivity contribution >= 4 is 32.7 Å². The number of para-hydroxylation sites is 1. The summed E-state index contributed by atoms with van der Waals surface area (Å²) in [4.78, 5) is 21.4. The van der Waals surface area contributed by atoms with E-state index >= 15 is 0 Å². The number of hydrogen-bond donors (Lipinski definition) is 2. The maximum atomic E-state index is 11.8. The molecule has 2 N–H and O–H groups in total. The van der Waals surface area contributed by atoms with E-state index in [2.05, 4.69) is 38.9 Å². The lowest BCUT2D eigenvalue weighted by Crippen LogP contribution is -2.50. The molecule has 2 aliphatic rings. The summed E-state index contributed by atoms with van der Waals surface area (Å²) >= 11 is 1.76. The van der Waals surface area contributed by atoms with Gasteiger partial charge in [0.05, 0.1) is 17.3 Å². The summed E-state index contributed by atoms with van der Waals surface area (Å²) < 4.78 is 6.12. The molecule has 2 unspecified atom stereocenters. The van der Waals surface area contributed by atoms with E-state index < -0.39 is 0 Å². The third kappa shape index (κ3) is 3.48. The highest BCUT2D eigenvalue weighted by atomic mass is 32.1. The number of methoxy groups -OCH3 is 1. The quantitative estimate of drug-likeness (QED) is 0.776. The number of carbonyl (C=O) groups is 1. The first-order valence-corrected chi connectivity index (χ1v) is 9.45. The van der Waals surface area contributed by atoms with E-state index in [4.69, 9.17) is 9.72 Å². The fraction of sp³-hybridized carbons (Fsp3) is 0.529. The van der Waals surface area contributed by atoms with Gasteiger partial charge in [0.2, 0.25) is 0 Å². The average molecular weight is 361 g/mol. The van der Waals surface area contributed by atoms with Gasteiger partial charge in [-0.3, -0.25) is 15.1 Å². The van der Waals surface area contributed by atoms with Crippen molar-refractivity contribution in [3.63, 3.8) is 0 Å². The van der Waals surface area contributed by atoms with Crippen LogP contribution in [0.4, 0.5) is 5.13 Å². The molecule has 2 atom stereocenters. The van der Waals surface area contributed by atoms with E-state index in [1.165, 1.54) is 11.8 Å². The highest BCUT2D eigenvalue weighted by Gasteiger charge is 2.35. The zero-order valence-corrected chi connectivity index (χ0v) is 15.1. The van der Waals surface area contributed by atoms with Crippen molar-refractivity contribution in [1.82, 2.24) is 20.7 Å². The van der Waals surface area contributed by atoms with Crippen LogP contribution in [0.3, 0.4) is 0 Å². The Labute approximate surface area is 150 Å². The molecular formula is C17H23N5O2S. The van der Waals surface area contributed by atoms with Crippen LogP contribution >= 0.6 is 11.3 Å². The molecule has 1 aromatic heterocycles. The number of aromatic nitrogens is 1. The van der Waals surface area contributed by atoms with Crippen molar-refractivity contribution in [2.75, 3.05) is 51.3 Å². The maximum Gasteiger partial charge on any atom is 0.324 e. The van der Waals surface area contributed by atoms with Crippen molar-refractivity contribution in [2.24, 2.45) is 5.92 Å². The van der Waals surface area contributed by atoms with Gasteiger partial charge in [0.15, 0.2) is 5.13 Å². The number of carbonyl (C=O) groups excluding carboxylic acids is 1. The summed E-state index contributed by atoms with van der Waals surface area (Å²) in [6.07, 6.45) is 0. The molecule has 4 rings (SSSR count). The Bertz CT molecular complexity index is 710. The van der Waals surface area contributed by atoms with E-state index in [1.54, 1.807) is 11.3 Å². The van der Waals surface area contributed by atoms with E-state index in [0.717, 1.165) is 49.9 Å².